The number of anilines is 1. The molecular formula is C15H12N2O2. The highest BCUT2D eigenvalue weighted by Gasteiger charge is 2.29. The molecule has 2 aromatic rings. The standard InChI is InChI=1S/C15H12N2O2/c18-12-9-15(19)17(10-12)14-8-4-7-13(16-14)11-5-2-1-3-6-11/h1-8H,9-10H2. The van der Waals surface area contributed by atoms with Crippen LogP contribution < -0.4 is 4.90 Å². The van der Waals surface area contributed by atoms with Gasteiger partial charge >= 0.3 is 0 Å². The maximum atomic E-state index is 11.7. The SMILES string of the molecule is O=C1CC(=O)N(c2cccc(-c3ccccc3)n2)C1. The maximum Gasteiger partial charge on any atom is 0.236 e. The van der Waals surface area contributed by atoms with E-state index in [1.165, 1.54) is 4.90 Å². The molecule has 0 atom stereocenters. The zero-order valence-corrected chi connectivity index (χ0v) is 10.2. The van der Waals surface area contributed by atoms with Gasteiger partial charge in [-0.15, -0.1) is 0 Å². The second-order valence-electron chi connectivity index (χ2n) is 4.44. The van der Waals surface area contributed by atoms with Crippen LogP contribution in [0.2, 0.25) is 0 Å². The third-order valence-electron chi connectivity index (χ3n) is 3.06. The van der Waals surface area contributed by atoms with Gasteiger partial charge in [0.15, 0.2) is 5.78 Å². The lowest BCUT2D eigenvalue weighted by atomic mass is 10.1. The second kappa shape index (κ2) is 4.65. The van der Waals surface area contributed by atoms with E-state index in [2.05, 4.69) is 4.98 Å². The number of benzene rings is 1. The Morgan fingerprint density at radius 2 is 1.74 bits per heavy atom. The normalized spacial score (nSPS) is 15.1. The molecule has 1 fully saturated rings. The Kier molecular flexibility index (Phi) is 2.83. The van der Waals surface area contributed by atoms with E-state index < -0.39 is 0 Å². The van der Waals surface area contributed by atoms with Gasteiger partial charge in [0.2, 0.25) is 5.91 Å². The lowest BCUT2D eigenvalue weighted by Gasteiger charge is -2.14. The number of hydrogen-bond donors (Lipinski definition) is 0. The van der Waals surface area contributed by atoms with E-state index in [0.717, 1.165) is 11.3 Å². The minimum absolute atomic E-state index is 0.0166. The molecule has 2 heterocycles. The van der Waals surface area contributed by atoms with Gasteiger partial charge in [0.25, 0.3) is 0 Å². The molecule has 0 aliphatic carbocycles. The zero-order valence-electron chi connectivity index (χ0n) is 10.2. The molecule has 1 aliphatic heterocycles. The molecule has 0 radical (unpaired) electrons. The number of carbonyl (C=O) groups excluding carboxylic acids is 2. The fraction of sp³-hybridized carbons (Fsp3) is 0.133. The number of aromatic nitrogens is 1. The van der Waals surface area contributed by atoms with Gasteiger partial charge in [0.05, 0.1) is 18.7 Å². The Labute approximate surface area is 110 Å². The molecule has 1 aromatic carbocycles. The van der Waals surface area contributed by atoms with E-state index in [1.807, 2.05) is 42.5 Å². The summed E-state index contributed by atoms with van der Waals surface area (Å²) in [6.45, 7) is 0.129. The average molecular weight is 252 g/mol. The predicted octanol–water partition coefficient (Wildman–Crippen LogP) is 2.05. The number of hydrogen-bond acceptors (Lipinski definition) is 3. The minimum Gasteiger partial charge on any atom is -0.297 e. The minimum atomic E-state index is -0.178. The number of ketones is 1. The van der Waals surface area contributed by atoms with Gasteiger partial charge < -0.3 is 0 Å². The number of rotatable bonds is 2. The van der Waals surface area contributed by atoms with Crippen LogP contribution in [0.15, 0.2) is 48.5 Å². The molecule has 1 saturated heterocycles. The summed E-state index contributed by atoms with van der Waals surface area (Å²) >= 11 is 0. The van der Waals surface area contributed by atoms with Crippen LogP contribution in [0.4, 0.5) is 5.82 Å². The van der Waals surface area contributed by atoms with Crippen LogP contribution in [0.25, 0.3) is 11.3 Å². The molecular weight excluding hydrogens is 240 g/mol. The summed E-state index contributed by atoms with van der Waals surface area (Å²) in [4.78, 5) is 28.9. The van der Waals surface area contributed by atoms with Crippen LogP contribution in [0.1, 0.15) is 6.42 Å². The largest absolute Gasteiger partial charge is 0.297 e. The molecule has 1 aliphatic rings. The highest BCUT2D eigenvalue weighted by atomic mass is 16.2. The summed E-state index contributed by atoms with van der Waals surface area (Å²) in [5.74, 6) is 0.303. The highest BCUT2D eigenvalue weighted by molar-refractivity contribution is 6.14. The zero-order chi connectivity index (χ0) is 13.2. The Hall–Kier alpha value is -2.49. The van der Waals surface area contributed by atoms with Crippen molar-refractivity contribution in [2.45, 2.75) is 6.42 Å². The number of Topliss-reactive ketones (excluding diaryl/α,β-unsaturated/α-hetero) is 1. The fourth-order valence-electron chi connectivity index (χ4n) is 2.14. The number of carbonyl (C=O) groups is 2. The molecule has 4 heteroatoms. The topological polar surface area (TPSA) is 50.3 Å². The van der Waals surface area contributed by atoms with Crippen molar-refractivity contribution >= 4 is 17.5 Å². The third kappa shape index (κ3) is 2.25. The van der Waals surface area contributed by atoms with Crippen LogP contribution in [0.5, 0.6) is 0 Å². The van der Waals surface area contributed by atoms with Gasteiger partial charge in [-0.3, -0.25) is 14.5 Å². The Morgan fingerprint density at radius 1 is 0.947 bits per heavy atom. The lowest BCUT2D eigenvalue weighted by Crippen LogP contribution is -2.25. The molecule has 1 amide bonds. The van der Waals surface area contributed by atoms with Crippen LogP contribution >= 0.6 is 0 Å². The first-order valence-electron chi connectivity index (χ1n) is 6.08. The third-order valence-corrected chi connectivity index (χ3v) is 3.06. The van der Waals surface area contributed by atoms with E-state index in [1.54, 1.807) is 6.07 Å². The number of amides is 1. The monoisotopic (exact) mass is 252 g/mol. The van der Waals surface area contributed by atoms with E-state index in [9.17, 15) is 9.59 Å². The van der Waals surface area contributed by atoms with Crippen molar-refractivity contribution in [2.24, 2.45) is 0 Å². The van der Waals surface area contributed by atoms with Crippen LogP contribution in [-0.2, 0) is 9.59 Å². The van der Waals surface area contributed by atoms with Crippen LogP contribution in [0, 0.1) is 0 Å². The summed E-state index contributed by atoms with van der Waals surface area (Å²) in [5, 5.41) is 0. The van der Waals surface area contributed by atoms with E-state index in [4.69, 9.17) is 0 Å². The van der Waals surface area contributed by atoms with Crippen molar-refractivity contribution in [1.29, 1.82) is 0 Å². The first-order valence-corrected chi connectivity index (χ1v) is 6.08. The molecule has 4 nitrogen and oxygen atoms in total. The van der Waals surface area contributed by atoms with E-state index in [0.29, 0.717) is 5.82 Å². The molecule has 1 aromatic heterocycles. The number of nitrogens with zero attached hydrogens (tertiary/aromatic N) is 2. The lowest BCUT2D eigenvalue weighted by molar-refractivity contribution is -0.121. The Bertz CT molecular complexity index is 638. The van der Waals surface area contributed by atoms with Gasteiger partial charge in [-0.2, -0.15) is 0 Å². The molecule has 0 bridgehead atoms. The van der Waals surface area contributed by atoms with E-state index in [-0.39, 0.29) is 24.7 Å². The molecule has 0 unspecified atom stereocenters. The molecule has 94 valence electrons. The van der Waals surface area contributed by atoms with Gasteiger partial charge in [-0.1, -0.05) is 36.4 Å². The summed E-state index contributed by atoms with van der Waals surface area (Å²) in [7, 11) is 0. The second-order valence-corrected chi connectivity index (χ2v) is 4.44. The molecule has 0 saturated carbocycles. The summed E-state index contributed by atoms with van der Waals surface area (Å²) in [5.41, 5.74) is 1.78. The van der Waals surface area contributed by atoms with E-state index >= 15 is 0 Å². The maximum absolute atomic E-state index is 11.7. The number of pyridine rings is 1. The van der Waals surface area contributed by atoms with Gasteiger partial charge in [0.1, 0.15) is 5.82 Å². The highest BCUT2D eigenvalue weighted by Crippen LogP contribution is 2.22. The first kappa shape index (κ1) is 11.6. The van der Waals surface area contributed by atoms with Gasteiger partial charge in [-0.05, 0) is 12.1 Å². The van der Waals surface area contributed by atoms with Crippen LogP contribution in [-0.4, -0.2) is 23.2 Å². The quantitative estimate of drug-likeness (QED) is 0.769. The van der Waals surface area contributed by atoms with Crippen LogP contribution in [0.3, 0.4) is 0 Å². The van der Waals surface area contributed by atoms with Crippen molar-refractivity contribution in [1.82, 2.24) is 4.98 Å². The van der Waals surface area contributed by atoms with Crippen molar-refractivity contribution in [2.75, 3.05) is 11.4 Å². The van der Waals surface area contributed by atoms with Crippen molar-refractivity contribution in [3.63, 3.8) is 0 Å². The van der Waals surface area contributed by atoms with Crippen molar-refractivity contribution in [3.05, 3.63) is 48.5 Å². The summed E-state index contributed by atoms with van der Waals surface area (Å²) < 4.78 is 0. The van der Waals surface area contributed by atoms with Gasteiger partial charge in [-0.25, -0.2) is 4.98 Å². The Morgan fingerprint density at radius 3 is 2.42 bits per heavy atom. The predicted molar refractivity (Wildman–Crippen MR) is 71.7 cm³/mol. The molecule has 19 heavy (non-hydrogen) atoms. The smallest absolute Gasteiger partial charge is 0.236 e. The van der Waals surface area contributed by atoms with Gasteiger partial charge in [0, 0.05) is 5.56 Å². The first-order chi connectivity index (χ1) is 9.24. The van der Waals surface area contributed by atoms with Crippen molar-refractivity contribution < 1.29 is 9.59 Å². The summed E-state index contributed by atoms with van der Waals surface area (Å²) in [6.07, 6.45) is -0.0166. The average Bonchev–Trinajstić information content (AvgIpc) is 2.79. The molecule has 0 N–H and O–H groups in total. The Balaban J connectivity index is 1.97. The fourth-order valence-corrected chi connectivity index (χ4v) is 2.14. The van der Waals surface area contributed by atoms with Crippen molar-refractivity contribution in [3.8, 4) is 11.3 Å². The summed E-state index contributed by atoms with van der Waals surface area (Å²) in [6, 6.07) is 15.2. The molecule has 0 spiro atoms. The molecule has 3 rings (SSSR count).